The van der Waals surface area contributed by atoms with Crippen molar-refractivity contribution in [1.82, 2.24) is 0 Å². The topological polar surface area (TPSA) is 47.6 Å². The van der Waals surface area contributed by atoms with Crippen LogP contribution in [0.15, 0.2) is 42.5 Å². The van der Waals surface area contributed by atoms with Crippen LogP contribution < -0.4 is 14.8 Å². The van der Waals surface area contributed by atoms with E-state index in [1.54, 1.807) is 6.07 Å². The highest BCUT2D eigenvalue weighted by molar-refractivity contribution is 5.92. The molecular weight excluding hydrogens is 304 g/mol. The van der Waals surface area contributed by atoms with Crippen LogP contribution in [0.4, 0.5) is 14.5 Å². The first-order chi connectivity index (χ1) is 11.0. The van der Waals surface area contributed by atoms with E-state index in [4.69, 9.17) is 4.74 Å². The van der Waals surface area contributed by atoms with Crippen LogP contribution in [0.3, 0.4) is 0 Å². The Morgan fingerprint density at radius 1 is 1.17 bits per heavy atom. The van der Waals surface area contributed by atoms with Gasteiger partial charge in [0.1, 0.15) is 0 Å². The van der Waals surface area contributed by atoms with Gasteiger partial charge in [-0.3, -0.25) is 4.79 Å². The van der Waals surface area contributed by atoms with Crippen molar-refractivity contribution in [3.05, 3.63) is 53.6 Å². The largest absolute Gasteiger partial charge is 0.493 e. The molecule has 122 valence electrons. The number of nitrogens with one attached hydrogen (secondary N) is 1. The van der Waals surface area contributed by atoms with E-state index in [-0.39, 0.29) is 23.8 Å². The number of methoxy groups -OCH3 is 1. The van der Waals surface area contributed by atoms with Crippen molar-refractivity contribution >= 4 is 11.6 Å². The Balaban J connectivity index is 2.10. The molecule has 0 aromatic heterocycles. The minimum atomic E-state index is -2.97. The Morgan fingerprint density at radius 2 is 1.91 bits per heavy atom. The predicted molar refractivity (Wildman–Crippen MR) is 83.1 cm³/mol. The standard InChI is InChI=1S/C17H17F2NO3/c1-11-5-3-4-6-12(11)9-16(21)20-13-7-8-14(22-2)15(10-13)23-17(18)19/h3-8,10,17H,9H2,1-2H3,(H,20,21). The lowest BCUT2D eigenvalue weighted by atomic mass is 10.1. The molecule has 4 nitrogen and oxygen atoms in total. The van der Waals surface area contributed by atoms with Gasteiger partial charge in [0.2, 0.25) is 5.91 Å². The normalized spacial score (nSPS) is 10.5. The molecule has 0 bridgehead atoms. The molecule has 2 aromatic carbocycles. The first-order valence-electron chi connectivity index (χ1n) is 6.97. The van der Waals surface area contributed by atoms with Gasteiger partial charge in [-0.25, -0.2) is 0 Å². The minimum Gasteiger partial charge on any atom is -0.493 e. The van der Waals surface area contributed by atoms with Gasteiger partial charge < -0.3 is 14.8 Å². The van der Waals surface area contributed by atoms with Crippen LogP contribution in [0.2, 0.25) is 0 Å². The van der Waals surface area contributed by atoms with Crippen LogP contribution in [-0.2, 0) is 11.2 Å². The smallest absolute Gasteiger partial charge is 0.387 e. The summed E-state index contributed by atoms with van der Waals surface area (Å²) in [5.74, 6) is -0.203. The molecule has 2 aromatic rings. The summed E-state index contributed by atoms with van der Waals surface area (Å²) in [6.07, 6.45) is 0.198. The first kappa shape index (κ1) is 16.7. The van der Waals surface area contributed by atoms with Gasteiger partial charge in [0.05, 0.1) is 13.5 Å². The second-order valence-electron chi connectivity index (χ2n) is 4.90. The van der Waals surface area contributed by atoms with Crippen LogP contribution in [0, 0.1) is 6.92 Å². The Morgan fingerprint density at radius 3 is 2.57 bits per heavy atom. The number of benzene rings is 2. The van der Waals surface area contributed by atoms with Gasteiger partial charge in [-0.2, -0.15) is 8.78 Å². The molecule has 6 heteroatoms. The highest BCUT2D eigenvalue weighted by Gasteiger charge is 2.13. The summed E-state index contributed by atoms with van der Waals surface area (Å²) in [6.45, 7) is -1.05. The Kier molecular flexibility index (Phi) is 5.51. The van der Waals surface area contributed by atoms with Crippen molar-refractivity contribution < 1.29 is 23.0 Å². The number of rotatable bonds is 6. The van der Waals surface area contributed by atoms with Gasteiger partial charge in [-0.15, -0.1) is 0 Å². The number of alkyl halides is 2. The predicted octanol–water partition coefficient (Wildman–Crippen LogP) is 3.79. The summed E-state index contributed by atoms with van der Waals surface area (Å²) in [5, 5.41) is 2.66. The Bertz CT molecular complexity index is 689. The van der Waals surface area contributed by atoms with Crippen molar-refractivity contribution in [2.24, 2.45) is 0 Å². The molecule has 0 spiro atoms. The average Bonchev–Trinajstić information content (AvgIpc) is 2.49. The van der Waals surface area contributed by atoms with E-state index >= 15 is 0 Å². The fourth-order valence-electron chi connectivity index (χ4n) is 2.13. The van der Waals surface area contributed by atoms with E-state index in [0.717, 1.165) is 11.1 Å². The number of carbonyl (C=O) groups excluding carboxylic acids is 1. The monoisotopic (exact) mass is 321 g/mol. The number of anilines is 1. The number of carbonyl (C=O) groups is 1. The lowest BCUT2D eigenvalue weighted by molar-refractivity contribution is -0.115. The lowest BCUT2D eigenvalue weighted by Crippen LogP contribution is -2.15. The van der Waals surface area contributed by atoms with Gasteiger partial charge in [0.25, 0.3) is 0 Å². The van der Waals surface area contributed by atoms with E-state index < -0.39 is 6.61 Å². The third-order valence-electron chi connectivity index (χ3n) is 3.28. The molecule has 0 saturated heterocycles. The molecule has 0 aliphatic heterocycles. The molecule has 0 radical (unpaired) electrons. The molecule has 2 rings (SSSR count). The van der Waals surface area contributed by atoms with Crippen LogP contribution in [-0.4, -0.2) is 19.6 Å². The third-order valence-corrected chi connectivity index (χ3v) is 3.28. The average molecular weight is 321 g/mol. The molecule has 1 N–H and O–H groups in total. The second-order valence-corrected chi connectivity index (χ2v) is 4.90. The minimum absolute atomic E-state index is 0.129. The number of amides is 1. The number of hydrogen-bond acceptors (Lipinski definition) is 3. The number of aryl methyl sites for hydroxylation is 1. The summed E-state index contributed by atoms with van der Waals surface area (Å²) < 4.78 is 34.1. The number of halogens is 2. The zero-order valence-corrected chi connectivity index (χ0v) is 12.8. The van der Waals surface area contributed by atoms with Crippen LogP contribution in [0.5, 0.6) is 11.5 Å². The fraction of sp³-hybridized carbons (Fsp3) is 0.235. The van der Waals surface area contributed by atoms with E-state index in [2.05, 4.69) is 10.1 Å². The van der Waals surface area contributed by atoms with Crippen LogP contribution in [0.25, 0.3) is 0 Å². The fourth-order valence-corrected chi connectivity index (χ4v) is 2.13. The Hall–Kier alpha value is -2.63. The summed E-state index contributed by atoms with van der Waals surface area (Å²) in [6, 6.07) is 11.9. The molecule has 1 amide bonds. The van der Waals surface area contributed by atoms with Crippen molar-refractivity contribution in [2.45, 2.75) is 20.0 Å². The van der Waals surface area contributed by atoms with Gasteiger partial charge >= 0.3 is 6.61 Å². The zero-order valence-electron chi connectivity index (χ0n) is 12.8. The molecule has 0 fully saturated rings. The van der Waals surface area contributed by atoms with Crippen LogP contribution >= 0.6 is 0 Å². The molecule has 0 aliphatic carbocycles. The van der Waals surface area contributed by atoms with Crippen molar-refractivity contribution in [2.75, 3.05) is 12.4 Å². The second kappa shape index (κ2) is 7.58. The highest BCUT2D eigenvalue weighted by atomic mass is 19.3. The number of ether oxygens (including phenoxy) is 2. The van der Waals surface area contributed by atoms with Gasteiger partial charge in [0.15, 0.2) is 11.5 Å². The SMILES string of the molecule is COc1ccc(NC(=O)Cc2ccccc2C)cc1OC(F)F. The van der Waals surface area contributed by atoms with E-state index in [9.17, 15) is 13.6 Å². The highest BCUT2D eigenvalue weighted by Crippen LogP contribution is 2.31. The molecular formula is C17H17F2NO3. The van der Waals surface area contributed by atoms with E-state index in [0.29, 0.717) is 5.69 Å². The Labute approximate surface area is 133 Å². The third kappa shape index (κ3) is 4.67. The van der Waals surface area contributed by atoms with Gasteiger partial charge in [-0.05, 0) is 30.2 Å². The molecule has 0 saturated carbocycles. The van der Waals surface area contributed by atoms with Crippen molar-refractivity contribution in [3.8, 4) is 11.5 Å². The first-order valence-corrected chi connectivity index (χ1v) is 6.97. The summed E-state index contributed by atoms with van der Waals surface area (Å²) in [7, 11) is 1.35. The molecule has 0 atom stereocenters. The quantitative estimate of drug-likeness (QED) is 0.880. The van der Waals surface area contributed by atoms with Gasteiger partial charge in [-0.1, -0.05) is 24.3 Å². The zero-order chi connectivity index (χ0) is 16.8. The molecule has 0 unspecified atom stereocenters. The van der Waals surface area contributed by atoms with Gasteiger partial charge in [0, 0.05) is 11.8 Å². The van der Waals surface area contributed by atoms with E-state index in [1.807, 2.05) is 31.2 Å². The van der Waals surface area contributed by atoms with Crippen LogP contribution in [0.1, 0.15) is 11.1 Å². The number of hydrogen-bond donors (Lipinski definition) is 1. The summed E-state index contributed by atoms with van der Waals surface area (Å²) >= 11 is 0. The molecule has 23 heavy (non-hydrogen) atoms. The maximum Gasteiger partial charge on any atom is 0.387 e. The maximum absolute atomic E-state index is 12.4. The molecule has 0 aliphatic rings. The van der Waals surface area contributed by atoms with Crippen molar-refractivity contribution in [1.29, 1.82) is 0 Å². The summed E-state index contributed by atoms with van der Waals surface area (Å²) in [5.41, 5.74) is 2.28. The maximum atomic E-state index is 12.4. The molecule has 0 heterocycles. The van der Waals surface area contributed by atoms with E-state index in [1.165, 1.54) is 19.2 Å². The summed E-state index contributed by atoms with van der Waals surface area (Å²) in [4.78, 5) is 12.1. The van der Waals surface area contributed by atoms with Crippen molar-refractivity contribution in [3.63, 3.8) is 0 Å². The lowest BCUT2D eigenvalue weighted by Gasteiger charge is -2.12.